The minimum atomic E-state index is -3.84. The molecule has 10 heteroatoms. The maximum atomic E-state index is 11.2. The number of likely N-dealkylation sites (N-methyl/N-ethyl adjacent to an activating group) is 1. The summed E-state index contributed by atoms with van der Waals surface area (Å²) in [5, 5.41) is 9.89. The van der Waals surface area contributed by atoms with E-state index in [1.54, 1.807) is 28.1 Å². The molecule has 0 aromatic rings. The van der Waals surface area contributed by atoms with Crippen LogP contribution in [0.4, 0.5) is 0 Å². The van der Waals surface area contributed by atoms with Crippen molar-refractivity contribution < 1.29 is 41.4 Å². The Morgan fingerprint density at radius 1 is 0.906 bits per heavy atom. The number of ether oxygens (including phenoxy) is 1. The first-order valence-electron chi connectivity index (χ1n) is 11.1. The molecule has 0 unspecified atom stereocenters. The van der Waals surface area contributed by atoms with Gasteiger partial charge < -0.3 is 23.6 Å². The van der Waals surface area contributed by atoms with Crippen molar-refractivity contribution >= 4 is 22.1 Å². The van der Waals surface area contributed by atoms with E-state index in [0.29, 0.717) is 23.1 Å². The first kappa shape index (κ1) is 32.7. The Labute approximate surface area is 195 Å². The number of carboxylic acids is 1. The Morgan fingerprint density at radius 2 is 1.38 bits per heavy atom. The lowest BCUT2D eigenvalue weighted by Gasteiger charge is -2.29. The molecule has 0 aliphatic heterocycles. The molecule has 0 saturated heterocycles. The van der Waals surface area contributed by atoms with Crippen LogP contribution in [-0.2, 0) is 24.4 Å². The molecule has 32 heavy (non-hydrogen) atoms. The standard InChI is InChI=1S/C17H33NO5S.C5H11NO2/c1-16(2)17(19)23-14-10-8-6-5-7-9-12-18(3,4)13-11-15-24(20,21)22;1-6(2,3)4-5(7)8/h1,5-15H2,2-4H3;4H2,1-3H3/p+1. The molecule has 9 nitrogen and oxygen atoms in total. The predicted octanol–water partition coefficient (Wildman–Crippen LogP) is 1.24. The van der Waals surface area contributed by atoms with Crippen LogP contribution in [0.1, 0.15) is 51.9 Å². The maximum absolute atomic E-state index is 11.2. The van der Waals surface area contributed by atoms with Crippen molar-refractivity contribution in [2.45, 2.75) is 51.9 Å². The number of carbonyl (C=O) groups is 2. The van der Waals surface area contributed by atoms with Crippen molar-refractivity contribution in [1.82, 2.24) is 0 Å². The number of unbranched alkanes of at least 4 members (excludes halogenated alkanes) is 5. The summed E-state index contributed by atoms with van der Waals surface area (Å²) in [5.41, 5.74) is 0.437. The Hall–Kier alpha value is -1.49. The number of quaternary nitrogens is 2. The average molecular weight is 482 g/mol. The summed E-state index contributed by atoms with van der Waals surface area (Å²) in [4.78, 5) is 21.1. The number of carbonyl (C=O) groups excluding carboxylic acids is 2. The zero-order chi connectivity index (χ0) is 25.4. The molecular formula is C22H45N2O7S+. The zero-order valence-electron chi connectivity index (χ0n) is 20.9. The highest BCUT2D eigenvalue weighted by atomic mass is 32.2. The summed E-state index contributed by atoms with van der Waals surface area (Å²) in [5.74, 6) is -1.48. The molecule has 0 aromatic carbocycles. The van der Waals surface area contributed by atoms with Crippen molar-refractivity contribution in [3.63, 3.8) is 0 Å². The van der Waals surface area contributed by atoms with Crippen LogP contribution in [0.2, 0.25) is 0 Å². The highest BCUT2D eigenvalue weighted by Gasteiger charge is 2.16. The summed E-state index contributed by atoms with van der Waals surface area (Å²) in [6.45, 7) is 7.46. The Morgan fingerprint density at radius 3 is 1.78 bits per heavy atom. The van der Waals surface area contributed by atoms with Crippen molar-refractivity contribution in [1.29, 1.82) is 0 Å². The van der Waals surface area contributed by atoms with Crippen LogP contribution in [0.5, 0.6) is 0 Å². The second-order valence-corrected chi connectivity index (χ2v) is 11.5. The summed E-state index contributed by atoms with van der Waals surface area (Å²) in [7, 11) is 5.73. The van der Waals surface area contributed by atoms with Crippen LogP contribution in [0.15, 0.2) is 12.2 Å². The van der Waals surface area contributed by atoms with E-state index in [1.807, 2.05) is 0 Å². The largest absolute Gasteiger partial charge is 0.544 e. The molecule has 0 saturated carbocycles. The van der Waals surface area contributed by atoms with E-state index in [1.165, 1.54) is 0 Å². The fraction of sp³-hybridized carbons (Fsp3) is 0.818. The normalized spacial score (nSPS) is 12.0. The summed E-state index contributed by atoms with van der Waals surface area (Å²) >= 11 is 0. The smallest absolute Gasteiger partial charge is 0.333 e. The predicted molar refractivity (Wildman–Crippen MR) is 124 cm³/mol. The van der Waals surface area contributed by atoms with E-state index < -0.39 is 16.1 Å². The number of nitrogens with zero attached hydrogens (tertiary/aromatic N) is 2. The molecule has 0 aromatic heterocycles. The lowest BCUT2D eigenvalue weighted by Crippen LogP contribution is -2.45. The van der Waals surface area contributed by atoms with Gasteiger partial charge in [-0.1, -0.05) is 25.8 Å². The molecular weight excluding hydrogens is 436 g/mol. The Bertz CT molecular complexity index is 668. The highest BCUT2D eigenvalue weighted by molar-refractivity contribution is 7.85. The Balaban J connectivity index is 0. The fourth-order valence-corrected chi connectivity index (χ4v) is 3.31. The molecule has 0 fully saturated rings. The van der Waals surface area contributed by atoms with E-state index >= 15 is 0 Å². The molecule has 0 amide bonds. The van der Waals surface area contributed by atoms with Gasteiger partial charge in [-0.2, -0.15) is 8.42 Å². The van der Waals surface area contributed by atoms with Gasteiger partial charge in [-0.15, -0.1) is 0 Å². The van der Waals surface area contributed by atoms with E-state index in [2.05, 4.69) is 20.7 Å². The number of aliphatic carboxylic acids is 1. The lowest BCUT2D eigenvalue weighted by molar-refractivity contribution is -0.890. The van der Waals surface area contributed by atoms with Crippen LogP contribution >= 0.6 is 0 Å². The molecule has 190 valence electrons. The third kappa shape index (κ3) is 26.5. The van der Waals surface area contributed by atoms with Gasteiger partial charge in [0.15, 0.2) is 0 Å². The van der Waals surface area contributed by atoms with Gasteiger partial charge in [0.2, 0.25) is 0 Å². The maximum Gasteiger partial charge on any atom is 0.333 e. The number of hydrogen-bond donors (Lipinski definition) is 1. The van der Waals surface area contributed by atoms with Gasteiger partial charge in [-0.25, -0.2) is 4.79 Å². The molecule has 0 radical (unpaired) electrons. The SMILES string of the molecule is C=C(C)C(=O)OCCCCCCCC[N+](C)(C)CCCS(=O)(=O)O.C[N+](C)(C)CC(=O)[O-]. The molecule has 0 spiro atoms. The molecule has 0 rings (SSSR count). The molecule has 0 heterocycles. The van der Waals surface area contributed by atoms with Crippen molar-refractivity contribution in [2.75, 3.05) is 67.2 Å². The van der Waals surface area contributed by atoms with Crippen molar-refractivity contribution in [2.24, 2.45) is 0 Å². The highest BCUT2D eigenvalue weighted by Crippen LogP contribution is 2.09. The first-order chi connectivity index (χ1) is 14.5. The van der Waals surface area contributed by atoms with Crippen LogP contribution in [0.25, 0.3) is 0 Å². The van der Waals surface area contributed by atoms with Crippen LogP contribution in [-0.4, -0.2) is 101 Å². The van der Waals surface area contributed by atoms with Crippen molar-refractivity contribution in [3.05, 3.63) is 12.2 Å². The molecule has 0 atom stereocenters. The number of rotatable bonds is 16. The van der Waals surface area contributed by atoms with Gasteiger partial charge in [0.25, 0.3) is 10.1 Å². The monoisotopic (exact) mass is 481 g/mol. The van der Waals surface area contributed by atoms with E-state index in [9.17, 15) is 23.1 Å². The Kier molecular flexibility index (Phi) is 16.5. The lowest BCUT2D eigenvalue weighted by atomic mass is 10.1. The number of hydrogen-bond acceptors (Lipinski definition) is 6. The van der Waals surface area contributed by atoms with Gasteiger partial charge in [0.1, 0.15) is 6.54 Å². The minimum Gasteiger partial charge on any atom is -0.544 e. The van der Waals surface area contributed by atoms with Gasteiger partial charge in [-0.3, -0.25) is 4.55 Å². The molecule has 0 aliphatic rings. The summed E-state index contributed by atoms with van der Waals surface area (Å²) in [6, 6.07) is 0. The van der Waals surface area contributed by atoms with Crippen molar-refractivity contribution in [3.8, 4) is 0 Å². The van der Waals surface area contributed by atoms with Gasteiger partial charge in [-0.05, 0) is 26.2 Å². The fourth-order valence-electron chi connectivity index (χ4n) is 2.81. The number of esters is 1. The van der Waals surface area contributed by atoms with Gasteiger partial charge in [0.05, 0.1) is 66.7 Å². The average Bonchev–Trinajstić information content (AvgIpc) is 2.56. The van der Waals surface area contributed by atoms with Gasteiger partial charge in [0, 0.05) is 12.0 Å². The third-order valence-corrected chi connectivity index (χ3v) is 5.31. The summed E-state index contributed by atoms with van der Waals surface area (Å²) in [6.07, 6.45) is 6.94. The van der Waals surface area contributed by atoms with E-state index in [-0.39, 0.29) is 18.3 Å². The second kappa shape index (κ2) is 16.2. The van der Waals surface area contributed by atoms with Crippen LogP contribution in [0.3, 0.4) is 0 Å². The molecule has 0 aliphatic carbocycles. The number of carboxylic acid groups (broad SMARTS) is 1. The third-order valence-electron chi connectivity index (χ3n) is 4.51. The summed E-state index contributed by atoms with van der Waals surface area (Å²) < 4.78 is 36.4. The topological polar surface area (TPSA) is 121 Å². The van der Waals surface area contributed by atoms with Gasteiger partial charge >= 0.3 is 5.97 Å². The van der Waals surface area contributed by atoms with E-state index in [4.69, 9.17) is 9.29 Å². The van der Waals surface area contributed by atoms with Crippen LogP contribution < -0.4 is 5.11 Å². The zero-order valence-corrected chi connectivity index (χ0v) is 21.7. The van der Waals surface area contributed by atoms with Crippen LogP contribution in [0, 0.1) is 0 Å². The second-order valence-electron chi connectivity index (χ2n) is 9.88. The van der Waals surface area contributed by atoms with E-state index in [0.717, 1.165) is 56.1 Å². The molecule has 1 N–H and O–H groups in total. The molecule has 0 bridgehead atoms. The quantitative estimate of drug-likeness (QED) is 0.116. The first-order valence-corrected chi connectivity index (χ1v) is 12.7. The minimum absolute atomic E-state index is 0.0694.